The zero-order chi connectivity index (χ0) is 10.2. The number of guanidine groups is 1. The van der Waals surface area contributed by atoms with Gasteiger partial charge in [-0.1, -0.05) is 0 Å². The maximum absolute atomic E-state index is 5.37. The molecule has 14 heavy (non-hydrogen) atoms. The van der Waals surface area contributed by atoms with E-state index in [0.29, 0.717) is 12.0 Å². The van der Waals surface area contributed by atoms with Gasteiger partial charge in [-0.25, -0.2) is 5.84 Å². The van der Waals surface area contributed by atoms with Crippen LogP contribution in [0, 0.1) is 0 Å². The summed E-state index contributed by atoms with van der Waals surface area (Å²) in [4.78, 5) is 4.20. The average Bonchev–Trinajstić information content (AvgIpc) is 2.45. The Morgan fingerprint density at radius 1 is 1.50 bits per heavy atom. The van der Waals surface area contributed by atoms with Crippen molar-refractivity contribution in [3.8, 4) is 0 Å². The second-order valence-corrected chi connectivity index (χ2v) is 3.35. The van der Waals surface area contributed by atoms with Crippen LogP contribution in [0.25, 0.3) is 0 Å². The number of aliphatic imine (C=N–C) groups is 1. The van der Waals surface area contributed by atoms with Crippen molar-refractivity contribution in [1.29, 1.82) is 0 Å². The number of nitrogens with one attached hydrogen (secondary N) is 2. The van der Waals surface area contributed by atoms with Crippen LogP contribution in [0.4, 0.5) is 0 Å². The molecule has 0 aliphatic carbocycles. The molecule has 0 amide bonds. The van der Waals surface area contributed by atoms with Crippen molar-refractivity contribution >= 4 is 5.96 Å². The van der Waals surface area contributed by atoms with Gasteiger partial charge in [0.05, 0.1) is 0 Å². The van der Waals surface area contributed by atoms with E-state index >= 15 is 0 Å². The summed E-state index contributed by atoms with van der Waals surface area (Å²) in [5.41, 5.74) is 2.57. The number of hydrogen-bond acceptors (Lipinski definition) is 3. The Kier molecular flexibility index (Phi) is 5.32. The van der Waals surface area contributed by atoms with Gasteiger partial charge in [-0.2, -0.15) is 0 Å². The highest BCUT2D eigenvalue weighted by atomic mass is 16.5. The molecule has 4 N–H and O–H groups in total. The first-order valence-electron chi connectivity index (χ1n) is 5.22. The lowest BCUT2D eigenvalue weighted by Gasteiger charge is -2.17. The first-order valence-corrected chi connectivity index (χ1v) is 5.22. The topological polar surface area (TPSA) is 71.7 Å². The summed E-state index contributed by atoms with van der Waals surface area (Å²) in [7, 11) is 0. The molecule has 5 nitrogen and oxygen atoms in total. The molecule has 0 aromatic rings. The highest BCUT2D eigenvalue weighted by Gasteiger charge is 2.12. The minimum Gasteiger partial charge on any atom is -0.381 e. The number of hydrogen-bond donors (Lipinski definition) is 3. The molecule has 1 unspecified atom stereocenters. The largest absolute Gasteiger partial charge is 0.381 e. The molecule has 1 saturated heterocycles. The maximum Gasteiger partial charge on any atom is 0.205 e. The fourth-order valence-electron chi connectivity index (χ4n) is 1.53. The van der Waals surface area contributed by atoms with Gasteiger partial charge in [0.2, 0.25) is 5.96 Å². The van der Waals surface area contributed by atoms with E-state index < -0.39 is 0 Å². The Labute approximate surface area is 85.1 Å². The second kappa shape index (κ2) is 6.62. The molecule has 0 spiro atoms. The van der Waals surface area contributed by atoms with E-state index in [1.165, 1.54) is 0 Å². The Hall–Kier alpha value is -0.810. The maximum atomic E-state index is 5.37. The third-order valence-corrected chi connectivity index (χ3v) is 2.25. The predicted molar refractivity (Wildman–Crippen MR) is 56.9 cm³/mol. The van der Waals surface area contributed by atoms with Gasteiger partial charge in [0.1, 0.15) is 0 Å². The van der Waals surface area contributed by atoms with Crippen LogP contribution < -0.4 is 16.6 Å². The molecular formula is C9H20N4O. The third-order valence-electron chi connectivity index (χ3n) is 2.25. The van der Waals surface area contributed by atoms with Crippen LogP contribution in [0.2, 0.25) is 0 Å². The van der Waals surface area contributed by atoms with Crippen LogP contribution in [-0.2, 0) is 4.74 Å². The quantitative estimate of drug-likeness (QED) is 0.254. The van der Waals surface area contributed by atoms with Crippen molar-refractivity contribution in [3.63, 3.8) is 0 Å². The van der Waals surface area contributed by atoms with Crippen molar-refractivity contribution in [1.82, 2.24) is 10.7 Å². The van der Waals surface area contributed by atoms with Crippen LogP contribution in [0.5, 0.6) is 0 Å². The number of hydrazine groups is 1. The van der Waals surface area contributed by atoms with Crippen LogP contribution in [0.15, 0.2) is 4.99 Å². The van der Waals surface area contributed by atoms with Crippen LogP contribution >= 0.6 is 0 Å². The molecule has 0 aromatic heterocycles. The van der Waals surface area contributed by atoms with E-state index in [2.05, 4.69) is 15.7 Å². The van der Waals surface area contributed by atoms with Crippen molar-refractivity contribution < 1.29 is 4.74 Å². The number of nitrogens with zero attached hydrogens (tertiary/aromatic N) is 1. The van der Waals surface area contributed by atoms with E-state index in [1.54, 1.807) is 0 Å². The van der Waals surface area contributed by atoms with Gasteiger partial charge >= 0.3 is 0 Å². The van der Waals surface area contributed by atoms with Crippen molar-refractivity contribution in [2.75, 3.05) is 19.8 Å². The van der Waals surface area contributed by atoms with E-state index in [1.807, 2.05) is 6.92 Å². The molecule has 1 fully saturated rings. The van der Waals surface area contributed by atoms with Crippen LogP contribution in [0.1, 0.15) is 26.2 Å². The van der Waals surface area contributed by atoms with Crippen LogP contribution in [0.3, 0.4) is 0 Å². The summed E-state index contributed by atoms with van der Waals surface area (Å²) in [6.45, 7) is 4.40. The van der Waals surface area contributed by atoms with Crippen molar-refractivity contribution in [3.05, 3.63) is 0 Å². The SMILES string of the molecule is CCN=C(NN)NC1CCCOCC1. The summed E-state index contributed by atoms with van der Waals surface area (Å²) < 4.78 is 5.37. The van der Waals surface area contributed by atoms with E-state index in [0.717, 1.165) is 39.0 Å². The van der Waals surface area contributed by atoms with E-state index in [9.17, 15) is 0 Å². The van der Waals surface area contributed by atoms with Crippen molar-refractivity contribution in [2.24, 2.45) is 10.8 Å². The monoisotopic (exact) mass is 200 g/mol. The summed E-state index contributed by atoms with van der Waals surface area (Å²) >= 11 is 0. The fraction of sp³-hybridized carbons (Fsp3) is 0.889. The Bertz CT molecular complexity index is 176. The van der Waals surface area contributed by atoms with Gasteiger partial charge in [-0.15, -0.1) is 0 Å². The van der Waals surface area contributed by atoms with Gasteiger partial charge in [0.25, 0.3) is 0 Å². The normalized spacial score (nSPS) is 24.1. The highest BCUT2D eigenvalue weighted by Crippen LogP contribution is 2.07. The molecule has 82 valence electrons. The van der Waals surface area contributed by atoms with Crippen molar-refractivity contribution in [2.45, 2.75) is 32.2 Å². The predicted octanol–water partition coefficient (Wildman–Crippen LogP) is -0.0157. The third kappa shape index (κ3) is 3.93. The van der Waals surface area contributed by atoms with Crippen LogP contribution in [-0.4, -0.2) is 31.8 Å². The summed E-state index contributed by atoms with van der Waals surface area (Å²) in [6, 6.07) is 0.429. The molecule has 5 heteroatoms. The minimum atomic E-state index is 0.429. The zero-order valence-electron chi connectivity index (χ0n) is 8.75. The molecule has 0 bridgehead atoms. The number of nitrogens with two attached hydrogens (primary N) is 1. The molecule has 1 aliphatic rings. The molecule has 0 radical (unpaired) electrons. The molecule has 1 atom stereocenters. The van der Waals surface area contributed by atoms with Gasteiger partial charge in [-0.3, -0.25) is 10.4 Å². The lowest BCUT2D eigenvalue weighted by Crippen LogP contribution is -2.46. The number of rotatable bonds is 2. The Morgan fingerprint density at radius 3 is 3.07 bits per heavy atom. The van der Waals surface area contributed by atoms with Gasteiger partial charge in [0.15, 0.2) is 0 Å². The molecule has 1 heterocycles. The van der Waals surface area contributed by atoms with Gasteiger partial charge in [-0.05, 0) is 26.2 Å². The lowest BCUT2D eigenvalue weighted by molar-refractivity contribution is 0.143. The minimum absolute atomic E-state index is 0.429. The molecule has 1 aliphatic heterocycles. The highest BCUT2D eigenvalue weighted by molar-refractivity contribution is 5.79. The fourth-order valence-corrected chi connectivity index (χ4v) is 1.53. The molecule has 1 rings (SSSR count). The standard InChI is InChI=1S/C9H20N4O/c1-2-11-9(13-10)12-8-4-3-6-14-7-5-8/h8H,2-7,10H2,1H3,(H2,11,12,13). The van der Waals surface area contributed by atoms with E-state index in [-0.39, 0.29) is 0 Å². The van der Waals surface area contributed by atoms with Gasteiger partial charge in [0, 0.05) is 25.8 Å². The Morgan fingerprint density at radius 2 is 2.36 bits per heavy atom. The first kappa shape index (κ1) is 11.3. The lowest BCUT2D eigenvalue weighted by atomic mass is 10.1. The smallest absolute Gasteiger partial charge is 0.205 e. The second-order valence-electron chi connectivity index (χ2n) is 3.35. The van der Waals surface area contributed by atoms with E-state index in [4.69, 9.17) is 10.6 Å². The zero-order valence-corrected chi connectivity index (χ0v) is 8.75. The average molecular weight is 200 g/mol. The molecule has 0 aromatic carbocycles. The summed E-state index contributed by atoms with van der Waals surface area (Å²) in [6.07, 6.45) is 3.23. The number of ether oxygens (including phenoxy) is 1. The summed E-state index contributed by atoms with van der Waals surface area (Å²) in [5, 5.41) is 3.28. The summed E-state index contributed by atoms with van der Waals surface area (Å²) in [5.74, 6) is 6.02. The molecular weight excluding hydrogens is 180 g/mol. The van der Waals surface area contributed by atoms with Gasteiger partial charge < -0.3 is 10.1 Å². The first-order chi connectivity index (χ1) is 6.86. The molecule has 0 saturated carbocycles. The Balaban J connectivity index is 2.35.